The fourth-order valence-corrected chi connectivity index (χ4v) is 3.45. The van der Waals surface area contributed by atoms with Crippen LogP contribution in [0.15, 0.2) is 42.6 Å². The van der Waals surface area contributed by atoms with Crippen molar-refractivity contribution in [3.8, 4) is 10.3 Å². The van der Waals surface area contributed by atoms with Crippen LogP contribution >= 0.6 is 0 Å². The Kier molecular flexibility index (Phi) is 1.79. The molecule has 2 nitrogen and oxygen atoms in total. The number of para-hydroxylation sites is 1. The van der Waals surface area contributed by atoms with E-state index in [9.17, 15) is 0 Å². The first kappa shape index (κ1) is 8.04. The number of fused-ring (bicyclic) bond motifs is 1. The van der Waals surface area contributed by atoms with Gasteiger partial charge in [0.2, 0.25) is 0 Å². The molecule has 2 aromatic heterocycles. The van der Waals surface area contributed by atoms with Crippen molar-refractivity contribution in [1.29, 1.82) is 0 Å². The van der Waals surface area contributed by atoms with Gasteiger partial charge in [0.1, 0.15) is 0 Å². The average Bonchev–Trinajstić information content (AvgIpc) is 2.86. The first-order valence-corrected chi connectivity index (χ1v) is 6.14. The molecule has 0 atom stereocenters. The number of hydrogen-bond donors (Lipinski definition) is 1. The Labute approximate surface area is 87.4 Å². The Morgan fingerprint density at radius 1 is 1.07 bits per heavy atom. The van der Waals surface area contributed by atoms with Crippen LogP contribution < -0.4 is 0 Å². The van der Waals surface area contributed by atoms with E-state index in [2.05, 4.69) is 34.2 Å². The van der Waals surface area contributed by atoms with Crippen molar-refractivity contribution in [3.05, 3.63) is 42.6 Å². The van der Waals surface area contributed by atoms with Crippen LogP contribution in [0.25, 0.3) is 20.0 Å². The standard InChI is InChI=1S/C11H8N2Se/c1-2-6-10-8(4-1)13-11(14-10)9-5-3-7-12-9/h1-7,12H. The maximum absolute atomic E-state index is 4.61. The Bertz CT molecular complexity index is 518. The number of nitrogens with one attached hydrogen (secondary N) is 1. The monoisotopic (exact) mass is 248 g/mol. The van der Waals surface area contributed by atoms with Crippen LogP contribution in [0, 0.1) is 0 Å². The third kappa shape index (κ3) is 1.22. The molecule has 3 rings (SSSR count). The van der Waals surface area contributed by atoms with Crippen molar-refractivity contribution in [3.63, 3.8) is 0 Å². The predicted molar refractivity (Wildman–Crippen MR) is 58.5 cm³/mol. The van der Waals surface area contributed by atoms with Gasteiger partial charge in [-0.3, -0.25) is 0 Å². The second-order valence-corrected chi connectivity index (χ2v) is 5.23. The van der Waals surface area contributed by atoms with E-state index in [1.165, 1.54) is 8.83 Å². The zero-order valence-electron chi connectivity index (χ0n) is 7.40. The predicted octanol–water partition coefficient (Wildman–Crippen LogP) is 2.29. The quantitative estimate of drug-likeness (QED) is 0.656. The van der Waals surface area contributed by atoms with Crippen LogP contribution in [0.4, 0.5) is 0 Å². The molecule has 3 aromatic rings. The molecule has 0 saturated heterocycles. The van der Waals surface area contributed by atoms with Crippen LogP contribution in [0.2, 0.25) is 0 Å². The van der Waals surface area contributed by atoms with E-state index in [-0.39, 0.29) is 0 Å². The first-order chi connectivity index (χ1) is 6.93. The molecule has 0 aliphatic heterocycles. The molecule has 0 bridgehead atoms. The van der Waals surface area contributed by atoms with Crippen LogP contribution in [0.3, 0.4) is 0 Å². The Morgan fingerprint density at radius 3 is 2.79 bits per heavy atom. The third-order valence-electron chi connectivity index (χ3n) is 2.12. The van der Waals surface area contributed by atoms with Gasteiger partial charge in [-0.1, -0.05) is 0 Å². The Hall–Kier alpha value is -1.31. The summed E-state index contributed by atoms with van der Waals surface area (Å²) in [5.41, 5.74) is 2.29. The SMILES string of the molecule is c1c[nH]c(-c2nc3ccccc3[se]2)c1. The van der Waals surface area contributed by atoms with E-state index >= 15 is 0 Å². The van der Waals surface area contributed by atoms with Crippen molar-refractivity contribution >= 4 is 24.3 Å². The molecule has 14 heavy (non-hydrogen) atoms. The fourth-order valence-electron chi connectivity index (χ4n) is 1.45. The molecule has 0 radical (unpaired) electrons. The number of H-pyrrole nitrogens is 1. The molecule has 0 aliphatic rings. The second kappa shape index (κ2) is 3.12. The van der Waals surface area contributed by atoms with E-state index in [0.29, 0.717) is 14.5 Å². The number of benzene rings is 1. The molecule has 68 valence electrons. The van der Waals surface area contributed by atoms with Crippen LogP contribution in [0.5, 0.6) is 0 Å². The van der Waals surface area contributed by atoms with Crippen molar-refractivity contribution in [2.45, 2.75) is 0 Å². The first-order valence-electron chi connectivity index (χ1n) is 4.43. The minimum atomic E-state index is 0.363. The second-order valence-electron chi connectivity index (χ2n) is 3.07. The normalized spacial score (nSPS) is 10.9. The van der Waals surface area contributed by atoms with Crippen LogP contribution in [-0.2, 0) is 0 Å². The van der Waals surface area contributed by atoms with Gasteiger partial charge in [-0.05, 0) is 0 Å². The van der Waals surface area contributed by atoms with Gasteiger partial charge in [0.25, 0.3) is 0 Å². The number of rotatable bonds is 1. The maximum atomic E-state index is 4.61. The summed E-state index contributed by atoms with van der Waals surface area (Å²) in [5.74, 6) is 0. The summed E-state index contributed by atoms with van der Waals surface area (Å²) in [6, 6.07) is 12.4. The average molecular weight is 247 g/mol. The number of aromatic amines is 1. The zero-order chi connectivity index (χ0) is 9.38. The molecule has 0 saturated carbocycles. The minimum absolute atomic E-state index is 0.363. The molecule has 0 amide bonds. The van der Waals surface area contributed by atoms with Crippen LogP contribution in [0.1, 0.15) is 0 Å². The summed E-state index contributed by atoms with van der Waals surface area (Å²) in [4.78, 5) is 7.81. The topological polar surface area (TPSA) is 28.7 Å². The summed E-state index contributed by atoms with van der Waals surface area (Å²) in [7, 11) is 0. The molecule has 0 unspecified atom stereocenters. The molecular weight excluding hydrogens is 239 g/mol. The van der Waals surface area contributed by atoms with Gasteiger partial charge in [0, 0.05) is 0 Å². The van der Waals surface area contributed by atoms with E-state index in [4.69, 9.17) is 0 Å². The summed E-state index contributed by atoms with van der Waals surface area (Å²) >= 11 is 0.363. The van der Waals surface area contributed by atoms with E-state index < -0.39 is 0 Å². The Balaban J connectivity index is 2.24. The molecule has 1 aromatic carbocycles. The van der Waals surface area contributed by atoms with Crippen molar-refractivity contribution < 1.29 is 0 Å². The fraction of sp³-hybridized carbons (Fsp3) is 0. The van der Waals surface area contributed by atoms with Crippen molar-refractivity contribution in [2.75, 3.05) is 0 Å². The summed E-state index contributed by atoms with van der Waals surface area (Å²) < 4.78 is 2.58. The molecular formula is C11H8N2Se. The molecule has 0 spiro atoms. The van der Waals surface area contributed by atoms with Gasteiger partial charge < -0.3 is 0 Å². The number of nitrogens with zero attached hydrogens (tertiary/aromatic N) is 1. The van der Waals surface area contributed by atoms with Gasteiger partial charge in [-0.2, -0.15) is 0 Å². The molecule has 0 fully saturated rings. The summed E-state index contributed by atoms with van der Waals surface area (Å²) in [6.07, 6.45) is 1.94. The van der Waals surface area contributed by atoms with Gasteiger partial charge >= 0.3 is 87.1 Å². The van der Waals surface area contributed by atoms with E-state index in [0.717, 1.165) is 11.2 Å². The van der Waals surface area contributed by atoms with E-state index in [1.54, 1.807) is 0 Å². The van der Waals surface area contributed by atoms with E-state index in [1.807, 2.05) is 18.3 Å². The molecule has 0 aliphatic carbocycles. The van der Waals surface area contributed by atoms with Gasteiger partial charge in [0.15, 0.2) is 0 Å². The molecule has 3 heteroatoms. The van der Waals surface area contributed by atoms with Gasteiger partial charge in [-0.15, -0.1) is 0 Å². The number of hydrogen-bond acceptors (Lipinski definition) is 1. The zero-order valence-corrected chi connectivity index (χ0v) is 9.11. The summed E-state index contributed by atoms with van der Waals surface area (Å²) in [6.45, 7) is 0. The van der Waals surface area contributed by atoms with Crippen molar-refractivity contribution in [2.24, 2.45) is 0 Å². The molecule has 1 N–H and O–H groups in total. The third-order valence-corrected chi connectivity index (χ3v) is 4.37. The van der Waals surface area contributed by atoms with Crippen LogP contribution in [-0.4, -0.2) is 24.5 Å². The van der Waals surface area contributed by atoms with Crippen molar-refractivity contribution in [1.82, 2.24) is 9.97 Å². The van der Waals surface area contributed by atoms with Gasteiger partial charge in [-0.25, -0.2) is 0 Å². The number of aromatic nitrogens is 2. The Morgan fingerprint density at radius 2 is 2.00 bits per heavy atom. The summed E-state index contributed by atoms with van der Waals surface area (Å²) in [5, 5.41) is 0. The van der Waals surface area contributed by atoms with Gasteiger partial charge in [0.05, 0.1) is 0 Å². The molecule has 2 heterocycles.